The molecule has 0 saturated carbocycles. The highest BCUT2D eigenvalue weighted by Crippen LogP contribution is 2.25. The maximum atomic E-state index is 13.8. The summed E-state index contributed by atoms with van der Waals surface area (Å²) in [5.41, 5.74) is -0.107. The second-order valence-electron chi connectivity index (χ2n) is 5.64. The van der Waals surface area contributed by atoms with Crippen molar-refractivity contribution in [3.8, 4) is 0 Å². The van der Waals surface area contributed by atoms with Gasteiger partial charge in [0, 0.05) is 5.75 Å². The molecule has 0 fully saturated rings. The Morgan fingerprint density at radius 3 is 2.73 bits per heavy atom. The highest BCUT2D eigenvalue weighted by molar-refractivity contribution is 8.01. The highest BCUT2D eigenvalue weighted by atomic mass is 32.2. The van der Waals surface area contributed by atoms with Crippen LogP contribution < -0.4 is 10.6 Å². The molecule has 0 radical (unpaired) electrons. The van der Waals surface area contributed by atoms with Gasteiger partial charge in [-0.3, -0.25) is 14.9 Å². The van der Waals surface area contributed by atoms with Crippen LogP contribution in [0.1, 0.15) is 24.2 Å². The number of aromatic nitrogens is 2. The van der Waals surface area contributed by atoms with Crippen molar-refractivity contribution in [1.82, 2.24) is 15.5 Å². The number of thioether (sulfide) groups is 1. The standard InChI is InChI=1S/C17H19FN4O2S2/c1-4-9-25-17-22-21-16(26-17)20-15(24)13(10(2)3)19-14(23)11-7-5-6-8-12(11)18/h4-8,10,13H,1,9H2,2-3H3,(H,19,23)(H,20,21,24)/t13-/m0/s1. The van der Waals surface area contributed by atoms with Crippen LogP contribution in [-0.4, -0.2) is 33.8 Å². The molecule has 0 aliphatic rings. The van der Waals surface area contributed by atoms with Crippen molar-refractivity contribution < 1.29 is 14.0 Å². The van der Waals surface area contributed by atoms with Crippen LogP contribution in [0.5, 0.6) is 0 Å². The first-order valence-corrected chi connectivity index (χ1v) is 9.66. The summed E-state index contributed by atoms with van der Waals surface area (Å²) in [6.07, 6.45) is 1.75. The topological polar surface area (TPSA) is 84.0 Å². The zero-order valence-electron chi connectivity index (χ0n) is 14.4. The number of benzene rings is 1. The minimum atomic E-state index is -0.838. The van der Waals surface area contributed by atoms with Crippen LogP contribution in [0.3, 0.4) is 0 Å². The van der Waals surface area contributed by atoms with Gasteiger partial charge in [0.05, 0.1) is 5.56 Å². The van der Waals surface area contributed by atoms with Crippen molar-refractivity contribution in [2.24, 2.45) is 5.92 Å². The Labute approximate surface area is 159 Å². The lowest BCUT2D eigenvalue weighted by Crippen LogP contribution is -2.47. The average molecular weight is 394 g/mol. The van der Waals surface area contributed by atoms with Crippen molar-refractivity contribution in [1.29, 1.82) is 0 Å². The van der Waals surface area contributed by atoms with E-state index in [0.717, 1.165) is 0 Å². The highest BCUT2D eigenvalue weighted by Gasteiger charge is 2.26. The number of carbonyl (C=O) groups is 2. The first kappa shape index (κ1) is 20.1. The van der Waals surface area contributed by atoms with Crippen LogP contribution in [-0.2, 0) is 4.79 Å². The van der Waals surface area contributed by atoms with Gasteiger partial charge in [-0.25, -0.2) is 4.39 Å². The molecule has 6 nitrogen and oxygen atoms in total. The minimum absolute atomic E-state index is 0.107. The van der Waals surface area contributed by atoms with Gasteiger partial charge in [-0.2, -0.15) is 0 Å². The van der Waals surface area contributed by atoms with Crippen molar-refractivity contribution in [3.05, 3.63) is 48.3 Å². The Morgan fingerprint density at radius 1 is 1.35 bits per heavy atom. The van der Waals surface area contributed by atoms with Crippen molar-refractivity contribution in [2.45, 2.75) is 24.2 Å². The number of hydrogen-bond donors (Lipinski definition) is 2. The van der Waals surface area contributed by atoms with Gasteiger partial charge in [0.2, 0.25) is 11.0 Å². The van der Waals surface area contributed by atoms with Gasteiger partial charge in [-0.1, -0.05) is 55.2 Å². The lowest BCUT2D eigenvalue weighted by molar-refractivity contribution is -0.118. The summed E-state index contributed by atoms with van der Waals surface area (Å²) in [6, 6.07) is 4.79. The lowest BCUT2D eigenvalue weighted by Gasteiger charge is -2.21. The monoisotopic (exact) mass is 394 g/mol. The Balaban J connectivity index is 2.05. The summed E-state index contributed by atoms with van der Waals surface area (Å²) in [6.45, 7) is 7.21. The fourth-order valence-electron chi connectivity index (χ4n) is 2.03. The zero-order valence-corrected chi connectivity index (χ0v) is 16.0. The number of nitrogens with zero attached hydrogens (tertiary/aromatic N) is 2. The second-order valence-corrected chi connectivity index (χ2v) is 7.88. The van der Waals surface area contributed by atoms with Crippen molar-refractivity contribution in [3.63, 3.8) is 0 Å². The molecule has 2 rings (SSSR count). The molecule has 0 bridgehead atoms. The number of anilines is 1. The molecule has 1 aromatic carbocycles. The lowest BCUT2D eigenvalue weighted by atomic mass is 10.0. The largest absolute Gasteiger partial charge is 0.340 e. The molecule has 0 spiro atoms. The summed E-state index contributed by atoms with van der Waals surface area (Å²) in [7, 11) is 0. The molecule has 26 heavy (non-hydrogen) atoms. The molecule has 1 atom stereocenters. The Kier molecular flexibility index (Phi) is 7.28. The predicted molar refractivity (Wildman–Crippen MR) is 102 cm³/mol. The van der Waals surface area contributed by atoms with Gasteiger partial charge < -0.3 is 5.32 Å². The number of nitrogens with one attached hydrogen (secondary N) is 2. The summed E-state index contributed by atoms with van der Waals surface area (Å²) >= 11 is 2.69. The predicted octanol–water partition coefficient (Wildman–Crippen LogP) is 3.35. The van der Waals surface area contributed by atoms with E-state index < -0.39 is 23.7 Å². The second kappa shape index (κ2) is 9.44. The molecule has 2 N–H and O–H groups in total. The van der Waals surface area contributed by atoms with Crippen LogP contribution in [0.15, 0.2) is 41.3 Å². The fourth-order valence-corrected chi connectivity index (χ4v) is 3.55. The average Bonchev–Trinajstić information content (AvgIpc) is 3.04. The van der Waals surface area contributed by atoms with Crippen molar-refractivity contribution in [2.75, 3.05) is 11.1 Å². The summed E-state index contributed by atoms with van der Waals surface area (Å²) in [4.78, 5) is 24.8. The van der Waals surface area contributed by atoms with Crippen LogP contribution in [0.25, 0.3) is 0 Å². The molecular formula is C17H19FN4O2S2. The van der Waals surface area contributed by atoms with E-state index in [2.05, 4.69) is 27.4 Å². The molecule has 1 aromatic heterocycles. The first-order chi connectivity index (χ1) is 12.4. The van der Waals surface area contributed by atoms with E-state index in [1.165, 1.54) is 41.3 Å². The number of carbonyl (C=O) groups excluding carboxylic acids is 2. The van der Waals surface area contributed by atoms with Crippen molar-refractivity contribution >= 4 is 40.0 Å². The van der Waals surface area contributed by atoms with E-state index in [-0.39, 0.29) is 11.5 Å². The molecule has 0 aliphatic heterocycles. The number of amides is 2. The Morgan fingerprint density at radius 2 is 2.08 bits per heavy atom. The quantitative estimate of drug-likeness (QED) is 0.408. The van der Waals surface area contributed by atoms with E-state index in [9.17, 15) is 14.0 Å². The van der Waals surface area contributed by atoms with Gasteiger partial charge in [0.25, 0.3) is 5.91 Å². The van der Waals surface area contributed by atoms with Gasteiger partial charge in [-0.05, 0) is 18.1 Å². The molecule has 9 heteroatoms. The molecule has 0 unspecified atom stereocenters. The van der Waals surface area contributed by atoms with Crippen LogP contribution in [0.4, 0.5) is 9.52 Å². The molecule has 138 valence electrons. The maximum absolute atomic E-state index is 13.8. The molecular weight excluding hydrogens is 375 g/mol. The zero-order chi connectivity index (χ0) is 19.1. The summed E-state index contributed by atoms with van der Waals surface area (Å²) in [5.74, 6) is -1.22. The van der Waals surface area contributed by atoms with Crippen LogP contribution >= 0.6 is 23.1 Å². The third-order valence-corrected chi connectivity index (χ3v) is 5.28. The van der Waals surface area contributed by atoms with Crippen LogP contribution in [0, 0.1) is 11.7 Å². The SMILES string of the molecule is C=CCSc1nnc(NC(=O)[C@@H](NC(=O)c2ccccc2F)C(C)C)s1. The molecule has 2 aromatic rings. The van der Waals surface area contributed by atoms with E-state index >= 15 is 0 Å². The van der Waals surface area contributed by atoms with Crippen LogP contribution in [0.2, 0.25) is 0 Å². The molecule has 1 heterocycles. The van der Waals surface area contributed by atoms with Gasteiger partial charge >= 0.3 is 0 Å². The number of halogens is 1. The smallest absolute Gasteiger partial charge is 0.254 e. The van der Waals surface area contributed by atoms with E-state index in [4.69, 9.17) is 0 Å². The summed E-state index contributed by atoms with van der Waals surface area (Å²) in [5, 5.41) is 13.4. The van der Waals surface area contributed by atoms with Gasteiger partial charge in [0.1, 0.15) is 11.9 Å². The number of rotatable bonds is 8. The van der Waals surface area contributed by atoms with Gasteiger partial charge in [-0.15, -0.1) is 16.8 Å². The Hall–Kier alpha value is -2.26. The molecule has 2 amide bonds. The normalized spacial score (nSPS) is 11.8. The fraction of sp³-hybridized carbons (Fsp3) is 0.294. The Bertz CT molecular complexity index is 795. The minimum Gasteiger partial charge on any atom is -0.340 e. The van der Waals surface area contributed by atoms with Gasteiger partial charge in [0.15, 0.2) is 4.34 Å². The maximum Gasteiger partial charge on any atom is 0.254 e. The molecule has 0 saturated heterocycles. The van der Waals surface area contributed by atoms with E-state index in [1.54, 1.807) is 26.0 Å². The molecule has 0 aliphatic carbocycles. The third-order valence-electron chi connectivity index (χ3n) is 3.32. The number of hydrogen-bond acceptors (Lipinski definition) is 6. The van der Waals surface area contributed by atoms with E-state index in [1.807, 2.05) is 0 Å². The third kappa shape index (κ3) is 5.37. The summed E-state index contributed by atoms with van der Waals surface area (Å²) < 4.78 is 14.5. The first-order valence-electron chi connectivity index (χ1n) is 7.85. The van der Waals surface area contributed by atoms with E-state index in [0.29, 0.717) is 15.2 Å².